The number of anilines is 1. The number of alkyl halides is 3. The summed E-state index contributed by atoms with van der Waals surface area (Å²) in [4.78, 5) is -0.426. The van der Waals surface area contributed by atoms with E-state index < -0.39 is 32.7 Å². The van der Waals surface area contributed by atoms with Gasteiger partial charge in [-0.3, -0.25) is 0 Å². The number of hydrogen-bond acceptors (Lipinski definition) is 6. The van der Waals surface area contributed by atoms with Crippen molar-refractivity contribution in [3.63, 3.8) is 0 Å². The van der Waals surface area contributed by atoms with E-state index in [4.69, 9.17) is 5.26 Å². The lowest BCUT2D eigenvalue weighted by Gasteiger charge is -2.35. The Balaban J connectivity index is 1.58. The zero-order valence-electron chi connectivity index (χ0n) is 18.9. The standard InChI is InChI=1S/C22H27F3N6O2S/c1-13(2)21-29-28-20-6-4-16(12-31(20)21)30-34(32,33)19-11-15(22(23,24)25)3-5-18(19)27-17-9-14(10-17)7-8-26/h3,5,11,13-14,16-17,27,30H,4,6-7,9-10,12H2,1-2H3. The summed E-state index contributed by atoms with van der Waals surface area (Å²) in [6.07, 6.45) is -1.95. The molecule has 1 aliphatic carbocycles. The summed E-state index contributed by atoms with van der Waals surface area (Å²) in [6.45, 7) is 4.25. The average molecular weight is 497 g/mol. The third-order valence-corrected chi connectivity index (χ3v) is 7.95. The summed E-state index contributed by atoms with van der Waals surface area (Å²) < 4.78 is 71.3. The Bertz CT molecular complexity index is 1200. The van der Waals surface area contributed by atoms with E-state index in [0.717, 1.165) is 17.7 Å². The fourth-order valence-electron chi connectivity index (χ4n) is 4.56. The molecule has 1 fully saturated rings. The van der Waals surface area contributed by atoms with Crippen LogP contribution >= 0.6 is 0 Å². The van der Waals surface area contributed by atoms with Crippen molar-refractivity contribution in [3.8, 4) is 6.07 Å². The Hall–Kier alpha value is -2.65. The first-order valence-electron chi connectivity index (χ1n) is 11.3. The molecule has 0 bridgehead atoms. The molecule has 0 saturated heterocycles. The van der Waals surface area contributed by atoms with Gasteiger partial charge in [0.25, 0.3) is 0 Å². The number of nitrogens with zero attached hydrogens (tertiary/aromatic N) is 4. The van der Waals surface area contributed by atoms with Gasteiger partial charge in [0, 0.05) is 37.4 Å². The molecule has 1 saturated carbocycles. The third-order valence-electron chi connectivity index (χ3n) is 6.39. The molecule has 2 heterocycles. The number of benzene rings is 1. The van der Waals surface area contributed by atoms with E-state index in [1.54, 1.807) is 0 Å². The van der Waals surface area contributed by atoms with Gasteiger partial charge in [0.05, 0.1) is 17.3 Å². The molecule has 2 aliphatic rings. The minimum Gasteiger partial charge on any atom is -0.381 e. The Morgan fingerprint density at radius 2 is 1.97 bits per heavy atom. The minimum atomic E-state index is -4.68. The Kier molecular flexibility index (Phi) is 6.61. The molecule has 34 heavy (non-hydrogen) atoms. The Morgan fingerprint density at radius 3 is 2.62 bits per heavy atom. The quantitative estimate of drug-likeness (QED) is 0.603. The second-order valence-corrected chi connectivity index (χ2v) is 11.0. The molecule has 12 heteroatoms. The van der Waals surface area contributed by atoms with E-state index in [-0.39, 0.29) is 23.6 Å². The van der Waals surface area contributed by atoms with Crippen LogP contribution in [0.15, 0.2) is 23.1 Å². The SMILES string of the molecule is CC(C)c1nnc2n1CC(NS(=O)(=O)c1cc(C(F)(F)F)ccc1NC1CC(CC#N)C1)CC2. The number of halogens is 3. The van der Waals surface area contributed by atoms with E-state index in [1.807, 2.05) is 18.4 Å². The zero-order valence-corrected chi connectivity index (χ0v) is 19.7. The van der Waals surface area contributed by atoms with Crippen LogP contribution in [0.3, 0.4) is 0 Å². The maximum atomic E-state index is 13.4. The summed E-state index contributed by atoms with van der Waals surface area (Å²) in [5.74, 6) is 1.84. The van der Waals surface area contributed by atoms with Crippen molar-refractivity contribution in [2.24, 2.45) is 5.92 Å². The van der Waals surface area contributed by atoms with Crippen molar-refractivity contribution in [2.45, 2.75) is 81.6 Å². The summed E-state index contributed by atoms with van der Waals surface area (Å²) in [6, 6.07) is 4.25. The average Bonchev–Trinajstić information content (AvgIpc) is 3.15. The van der Waals surface area contributed by atoms with Gasteiger partial charge in [0.1, 0.15) is 16.5 Å². The molecule has 2 N–H and O–H groups in total. The molecule has 1 aromatic carbocycles. The van der Waals surface area contributed by atoms with Gasteiger partial charge in [-0.1, -0.05) is 13.8 Å². The van der Waals surface area contributed by atoms with Gasteiger partial charge in [0.15, 0.2) is 0 Å². The molecule has 2 aromatic rings. The van der Waals surface area contributed by atoms with E-state index in [0.29, 0.717) is 44.7 Å². The van der Waals surface area contributed by atoms with Gasteiger partial charge >= 0.3 is 6.18 Å². The van der Waals surface area contributed by atoms with Gasteiger partial charge in [-0.15, -0.1) is 10.2 Å². The molecule has 0 radical (unpaired) electrons. The van der Waals surface area contributed by atoms with Crippen molar-refractivity contribution in [2.75, 3.05) is 5.32 Å². The number of fused-ring (bicyclic) bond motifs is 1. The molecule has 1 aromatic heterocycles. The molecule has 1 aliphatic heterocycles. The van der Waals surface area contributed by atoms with Gasteiger partial charge in [0.2, 0.25) is 10.0 Å². The highest BCUT2D eigenvalue weighted by atomic mass is 32.2. The highest BCUT2D eigenvalue weighted by molar-refractivity contribution is 7.89. The van der Waals surface area contributed by atoms with Crippen LogP contribution in [0.25, 0.3) is 0 Å². The van der Waals surface area contributed by atoms with Crippen LogP contribution in [0.2, 0.25) is 0 Å². The second-order valence-electron chi connectivity index (χ2n) is 9.35. The molecule has 8 nitrogen and oxygen atoms in total. The number of sulfonamides is 1. The predicted octanol–water partition coefficient (Wildman–Crippen LogP) is 3.82. The van der Waals surface area contributed by atoms with Crippen molar-refractivity contribution in [1.82, 2.24) is 19.5 Å². The molecule has 184 valence electrons. The lowest BCUT2D eigenvalue weighted by molar-refractivity contribution is -0.137. The van der Waals surface area contributed by atoms with Crippen LogP contribution in [0.1, 0.15) is 62.7 Å². The molecular weight excluding hydrogens is 469 g/mol. The van der Waals surface area contributed by atoms with E-state index in [1.165, 1.54) is 6.07 Å². The van der Waals surface area contributed by atoms with Crippen LogP contribution in [0.5, 0.6) is 0 Å². The van der Waals surface area contributed by atoms with Crippen LogP contribution in [-0.4, -0.2) is 35.3 Å². The van der Waals surface area contributed by atoms with E-state index in [9.17, 15) is 21.6 Å². The summed E-state index contributed by atoms with van der Waals surface area (Å²) in [5.41, 5.74) is -0.897. The lowest BCUT2D eigenvalue weighted by Crippen LogP contribution is -2.42. The monoisotopic (exact) mass is 496 g/mol. The number of aromatic nitrogens is 3. The van der Waals surface area contributed by atoms with Crippen LogP contribution in [-0.2, 0) is 29.2 Å². The van der Waals surface area contributed by atoms with Gasteiger partial charge in [-0.05, 0) is 43.4 Å². The summed E-state index contributed by atoms with van der Waals surface area (Å²) in [5, 5.41) is 20.2. The molecule has 0 amide bonds. The first-order chi connectivity index (χ1) is 16.0. The third kappa shape index (κ3) is 5.05. The number of hydrogen-bond donors (Lipinski definition) is 2. The fraction of sp³-hybridized carbons (Fsp3) is 0.591. The van der Waals surface area contributed by atoms with Crippen molar-refractivity contribution < 1.29 is 21.6 Å². The predicted molar refractivity (Wildman–Crippen MR) is 118 cm³/mol. The normalized spacial score (nSPS) is 22.7. The maximum Gasteiger partial charge on any atom is 0.416 e. The van der Waals surface area contributed by atoms with Gasteiger partial charge in [-0.2, -0.15) is 18.4 Å². The number of nitriles is 1. The van der Waals surface area contributed by atoms with Crippen LogP contribution in [0.4, 0.5) is 18.9 Å². The lowest BCUT2D eigenvalue weighted by atomic mass is 9.78. The van der Waals surface area contributed by atoms with E-state index in [2.05, 4.69) is 26.3 Å². The van der Waals surface area contributed by atoms with E-state index >= 15 is 0 Å². The Labute approximate surface area is 196 Å². The smallest absolute Gasteiger partial charge is 0.381 e. The minimum absolute atomic E-state index is 0.0908. The summed E-state index contributed by atoms with van der Waals surface area (Å²) >= 11 is 0. The highest BCUT2D eigenvalue weighted by Crippen LogP contribution is 2.37. The maximum absolute atomic E-state index is 13.4. The van der Waals surface area contributed by atoms with Crippen molar-refractivity contribution in [3.05, 3.63) is 35.4 Å². The van der Waals surface area contributed by atoms with Crippen molar-refractivity contribution in [1.29, 1.82) is 5.26 Å². The second kappa shape index (κ2) is 9.19. The van der Waals surface area contributed by atoms with Crippen LogP contribution < -0.4 is 10.0 Å². The topological polar surface area (TPSA) is 113 Å². The molecular formula is C22H27F3N6O2S. The Morgan fingerprint density at radius 1 is 1.24 bits per heavy atom. The summed E-state index contributed by atoms with van der Waals surface area (Å²) in [7, 11) is -4.26. The fourth-order valence-corrected chi connectivity index (χ4v) is 6.02. The first-order valence-corrected chi connectivity index (χ1v) is 12.7. The molecule has 0 spiro atoms. The molecule has 4 rings (SSSR count). The number of rotatable bonds is 7. The van der Waals surface area contributed by atoms with Crippen molar-refractivity contribution >= 4 is 15.7 Å². The number of nitrogens with one attached hydrogen (secondary N) is 2. The molecule has 1 unspecified atom stereocenters. The van der Waals surface area contributed by atoms with Crippen LogP contribution in [0, 0.1) is 17.2 Å². The van der Waals surface area contributed by atoms with Gasteiger partial charge in [-0.25, -0.2) is 13.1 Å². The number of aryl methyl sites for hydroxylation is 1. The highest BCUT2D eigenvalue weighted by Gasteiger charge is 2.36. The largest absolute Gasteiger partial charge is 0.416 e. The zero-order chi connectivity index (χ0) is 24.7. The molecule has 1 atom stereocenters. The van der Waals surface area contributed by atoms with Gasteiger partial charge < -0.3 is 9.88 Å². The first kappa shape index (κ1) is 24.5.